The monoisotopic (exact) mass is 397 g/mol. The number of hydrogen-bond acceptors (Lipinski definition) is 5. The van der Waals surface area contributed by atoms with Crippen molar-refractivity contribution in [2.45, 2.75) is 19.6 Å². The Hall–Kier alpha value is -3.46. The van der Waals surface area contributed by atoms with Gasteiger partial charge in [-0.15, -0.1) is 0 Å². The number of amides is 2. The molecule has 0 atom stereocenters. The van der Waals surface area contributed by atoms with Crippen LogP contribution in [0.3, 0.4) is 0 Å². The third-order valence-electron chi connectivity index (χ3n) is 4.43. The first-order chi connectivity index (χ1) is 14.2. The number of benzene rings is 1. The molecule has 0 bridgehead atoms. The van der Waals surface area contributed by atoms with Gasteiger partial charge in [0.05, 0.1) is 6.61 Å². The molecule has 0 fully saturated rings. The van der Waals surface area contributed by atoms with Crippen LogP contribution >= 0.6 is 0 Å². The van der Waals surface area contributed by atoms with Crippen LogP contribution in [0, 0.1) is 5.82 Å². The molecule has 3 aromatic rings. The maximum atomic E-state index is 13.8. The van der Waals surface area contributed by atoms with E-state index in [-0.39, 0.29) is 18.6 Å². The molecule has 1 aliphatic rings. The van der Waals surface area contributed by atoms with Crippen molar-refractivity contribution in [3.63, 3.8) is 0 Å². The van der Waals surface area contributed by atoms with Gasteiger partial charge in [-0.25, -0.2) is 18.9 Å². The number of ether oxygens (including phenoxy) is 2. The number of halogens is 1. The number of nitrogens with zero attached hydrogens (tertiary/aromatic N) is 3. The molecule has 1 aliphatic heterocycles. The largest absolute Gasteiger partial charge is 0.467 e. The molecule has 2 aromatic heterocycles. The summed E-state index contributed by atoms with van der Waals surface area (Å²) in [6, 6.07) is 8.02. The van der Waals surface area contributed by atoms with Crippen LogP contribution in [0.1, 0.15) is 16.7 Å². The Morgan fingerprint density at radius 2 is 2.17 bits per heavy atom. The fourth-order valence-corrected chi connectivity index (χ4v) is 3.10. The van der Waals surface area contributed by atoms with Gasteiger partial charge in [-0.3, -0.25) is 0 Å². The Morgan fingerprint density at radius 1 is 1.24 bits per heavy atom. The molecule has 0 saturated heterocycles. The lowest BCUT2D eigenvalue weighted by Crippen LogP contribution is -2.36. The second-order valence-corrected chi connectivity index (χ2v) is 6.50. The van der Waals surface area contributed by atoms with Crippen molar-refractivity contribution in [3.05, 3.63) is 71.4 Å². The summed E-state index contributed by atoms with van der Waals surface area (Å²) >= 11 is 0. The van der Waals surface area contributed by atoms with Crippen molar-refractivity contribution in [2.75, 3.05) is 13.3 Å². The smallest absolute Gasteiger partial charge is 0.315 e. The molecule has 0 unspecified atom stereocenters. The van der Waals surface area contributed by atoms with Crippen molar-refractivity contribution in [3.8, 4) is 11.6 Å². The minimum Gasteiger partial charge on any atom is -0.467 e. The summed E-state index contributed by atoms with van der Waals surface area (Å²) in [6.45, 7) is 1.16. The first-order valence-corrected chi connectivity index (χ1v) is 9.17. The highest BCUT2D eigenvalue weighted by atomic mass is 19.1. The average molecular weight is 397 g/mol. The summed E-state index contributed by atoms with van der Waals surface area (Å²) in [4.78, 5) is 16.4. The van der Waals surface area contributed by atoms with Gasteiger partial charge >= 0.3 is 6.03 Å². The standard InChI is InChI=1S/C20H20FN5O3/c21-17-9-15(19-16(10-17)12-28-13-29-19)3-6-23-20(27)24-11-14-2-5-22-18(8-14)26-7-1-4-25-26/h1-2,4-5,7-10H,3,6,11-13H2,(H2,23,24,27). The zero-order chi connectivity index (χ0) is 20.1. The summed E-state index contributed by atoms with van der Waals surface area (Å²) in [5.74, 6) is 0.973. The first-order valence-electron chi connectivity index (χ1n) is 9.17. The van der Waals surface area contributed by atoms with Crippen molar-refractivity contribution in [1.82, 2.24) is 25.4 Å². The number of pyridine rings is 1. The molecule has 4 rings (SSSR count). The number of hydrogen-bond donors (Lipinski definition) is 2. The van der Waals surface area contributed by atoms with Crippen LogP contribution in [0.15, 0.2) is 48.9 Å². The summed E-state index contributed by atoms with van der Waals surface area (Å²) in [5, 5.41) is 9.71. The molecule has 0 spiro atoms. The number of carbonyl (C=O) groups excluding carboxylic acids is 1. The topological polar surface area (TPSA) is 90.3 Å². The predicted molar refractivity (Wildman–Crippen MR) is 102 cm³/mol. The van der Waals surface area contributed by atoms with Crippen molar-refractivity contribution in [2.24, 2.45) is 0 Å². The number of urea groups is 1. The van der Waals surface area contributed by atoms with E-state index in [1.54, 1.807) is 23.3 Å². The zero-order valence-electron chi connectivity index (χ0n) is 15.6. The Morgan fingerprint density at radius 3 is 3.03 bits per heavy atom. The van der Waals surface area contributed by atoms with Crippen LogP contribution < -0.4 is 15.4 Å². The normalized spacial score (nSPS) is 12.7. The molecule has 9 heteroatoms. The second kappa shape index (κ2) is 8.70. The van der Waals surface area contributed by atoms with Gasteiger partial charge in [-0.1, -0.05) is 0 Å². The van der Waals surface area contributed by atoms with Gasteiger partial charge in [0, 0.05) is 37.2 Å². The number of fused-ring (bicyclic) bond motifs is 1. The molecule has 29 heavy (non-hydrogen) atoms. The van der Waals surface area contributed by atoms with E-state index in [9.17, 15) is 9.18 Å². The van der Waals surface area contributed by atoms with E-state index < -0.39 is 0 Å². The summed E-state index contributed by atoms with van der Waals surface area (Å²) in [6.07, 6.45) is 5.59. The van der Waals surface area contributed by atoms with E-state index in [4.69, 9.17) is 9.47 Å². The van der Waals surface area contributed by atoms with Crippen LogP contribution in [0.25, 0.3) is 5.82 Å². The Kier molecular flexibility index (Phi) is 5.66. The van der Waals surface area contributed by atoms with Crippen LogP contribution in [0.2, 0.25) is 0 Å². The quantitative estimate of drug-likeness (QED) is 0.666. The molecule has 0 saturated carbocycles. The van der Waals surface area contributed by atoms with Gasteiger partial charge in [0.25, 0.3) is 0 Å². The van der Waals surface area contributed by atoms with Gasteiger partial charge < -0.3 is 20.1 Å². The Labute approximate surface area is 166 Å². The van der Waals surface area contributed by atoms with Gasteiger partial charge in [-0.05, 0) is 47.9 Å². The minimum absolute atomic E-state index is 0.145. The molecule has 1 aromatic carbocycles. The van der Waals surface area contributed by atoms with Gasteiger partial charge in [0.2, 0.25) is 0 Å². The van der Waals surface area contributed by atoms with E-state index in [1.165, 1.54) is 12.1 Å². The van der Waals surface area contributed by atoms with Gasteiger partial charge in [0.15, 0.2) is 12.6 Å². The molecular weight excluding hydrogens is 377 g/mol. The number of nitrogens with one attached hydrogen (secondary N) is 2. The molecular formula is C20H20FN5O3. The van der Waals surface area contributed by atoms with E-state index in [2.05, 4.69) is 20.7 Å². The molecule has 150 valence electrons. The SMILES string of the molecule is O=C(NCCc1cc(F)cc2c1OCOC2)NCc1ccnc(-n2cccn2)c1. The van der Waals surface area contributed by atoms with Crippen LogP contribution in [0.4, 0.5) is 9.18 Å². The third-order valence-corrected chi connectivity index (χ3v) is 4.43. The number of aromatic nitrogens is 3. The lowest BCUT2D eigenvalue weighted by atomic mass is 10.1. The number of carbonyl (C=O) groups is 1. The summed E-state index contributed by atoms with van der Waals surface area (Å²) in [7, 11) is 0. The third kappa shape index (κ3) is 4.69. The maximum Gasteiger partial charge on any atom is 0.315 e. The Balaban J connectivity index is 1.28. The first kappa shape index (κ1) is 18.9. The number of rotatable bonds is 6. The van der Waals surface area contributed by atoms with E-state index in [0.717, 1.165) is 5.56 Å². The van der Waals surface area contributed by atoms with Gasteiger partial charge in [0.1, 0.15) is 11.6 Å². The van der Waals surface area contributed by atoms with Crippen LogP contribution in [0.5, 0.6) is 5.75 Å². The lowest BCUT2D eigenvalue weighted by molar-refractivity contribution is -0.0172. The molecule has 0 aliphatic carbocycles. The maximum absolute atomic E-state index is 13.8. The highest BCUT2D eigenvalue weighted by Gasteiger charge is 2.17. The molecule has 2 N–H and O–H groups in total. The zero-order valence-corrected chi connectivity index (χ0v) is 15.6. The summed E-state index contributed by atoms with van der Waals surface area (Å²) in [5.41, 5.74) is 2.29. The highest BCUT2D eigenvalue weighted by molar-refractivity contribution is 5.73. The average Bonchev–Trinajstić information content (AvgIpc) is 3.27. The fraction of sp³-hybridized carbons (Fsp3) is 0.250. The van der Waals surface area contributed by atoms with Crippen molar-refractivity contribution in [1.29, 1.82) is 0 Å². The van der Waals surface area contributed by atoms with Crippen LogP contribution in [-0.4, -0.2) is 34.1 Å². The highest BCUT2D eigenvalue weighted by Crippen LogP contribution is 2.29. The van der Waals surface area contributed by atoms with Crippen molar-refractivity contribution < 1.29 is 18.7 Å². The lowest BCUT2D eigenvalue weighted by Gasteiger charge is -2.21. The van der Waals surface area contributed by atoms with Crippen LogP contribution in [-0.2, 0) is 24.3 Å². The second-order valence-electron chi connectivity index (χ2n) is 6.50. The molecule has 8 nitrogen and oxygen atoms in total. The van der Waals surface area contributed by atoms with E-state index in [1.807, 2.05) is 18.2 Å². The van der Waals surface area contributed by atoms with Crippen molar-refractivity contribution >= 4 is 6.03 Å². The Bertz CT molecular complexity index is 994. The molecule has 0 radical (unpaired) electrons. The van der Waals surface area contributed by atoms with Gasteiger partial charge in [-0.2, -0.15) is 5.10 Å². The predicted octanol–water partition coefficient (Wildman–Crippen LogP) is 2.31. The van der Waals surface area contributed by atoms with E-state index in [0.29, 0.717) is 48.8 Å². The fourth-order valence-electron chi connectivity index (χ4n) is 3.10. The molecule has 3 heterocycles. The molecule has 2 amide bonds. The summed E-state index contributed by atoms with van der Waals surface area (Å²) < 4.78 is 26.1. The minimum atomic E-state index is -0.344. The van der Waals surface area contributed by atoms with E-state index >= 15 is 0 Å².